The summed E-state index contributed by atoms with van der Waals surface area (Å²) >= 11 is 0. The summed E-state index contributed by atoms with van der Waals surface area (Å²) < 4.78 is 5.50. The predicted molar refractivity (Wildman–Crippen MR) is 55.6 cm³/mol. The Hall–Kier alpha value is -1.02. The van der Waals surface area contributed by atoms with E-state index in [0.717, 1.165) is 11.3 Å². The van der Waals surface area contributed by atoms with Crippen molar-refractivity contribution in [2.24, 2.45) is 0 Å². The zero-order chi connectivity index (χ0) is 10.3. The van der Waals surface area contributed by atoms with Crippen LogP contribution >= 0.6 is 0 Å². The Balaban J connectivity index is 2.41. The van der Waals surface area contributed by atoms with Gasteiger partial charge in [0.1, 0.15) is 18.0 Å². The Bertz CT molecular complexity index is 344. The Morgan fingerprint density at radius 3 is 2.71 bits per heavy atom. The summed E-state index contributed by atoms with van der Waals surface area (Å²) in [6.45, 7) is 6.18. The number of hydrogen-bond donors (Lipinski definition) is 1. The van der Waals surface area contributed by atoms with Crippen molar-refractivity contribution in [3.05, 3.63) is 29.3 Å². The fourth-order valence-corrected chi connectivity index (χ4v) is 1.78. The molecule has 0 fully saturated rings. The van der Waals surface area contributed by atoms with Crippen LogP contribution in [0.5, 0.6) is 5.75 Å². The summed E-state index contributed by atoms with van der Waals surface area (Å²) in [5.41, 5.74) is 2.18. The van der Waals surface area contributed by atoms with Crippen molar-refractivity contribution in [1.82, 2.24) is 0 Å². The maximum absolute atomic E-state index is 9.83. The number of aliphatic hydroxyl groups excluding tert-OH is 1. The number of benzene rings is 1. The van der Waals surface area contributed by atoms with E-state index in [-0.39, 0.29) is 6.10 Å². The first-order chi connectivity index (χ1) is 6.59. The highest BCUT2D eigenvalue weighted by Gasteiger charge is 2.29. The van der Waals surface area contributed by atoms with Gasteiger partial charge in [0.05, 0.1) is 0 Å². The second kappa shape index (κ2) is 3.28. The molecule has 1 aromatic carbocycles. The van der Waals surface area contributed by atoms with Gasteiger partial charge >= 0.3 is 0 Å². The lowest BCUT2D eigenvalue weighted by atomic mass is 9.98. The van der Waals surface area contributed by atoms with E-state index in [0.29, 0.717) is 5.92 Å². The molecule has 1 aliphatic rings. The average Bonchev–Trinajstić information content (AvgIpc) is 2.43. The van der Waals surface area contributed by atoms with Gasteiger partial charge in [-0.2, -0.15) is 0 Å². The van der Waals surface area contributed by atoms with Gasteiger partial charge in [0.15, 0.2) is 0 Å². The zero-order valence-electron chi connectivity index (χ0n) is 8.82. The average molecular weight is 192 g/mol. The number of hydrogen-bond acceptors (Lipinski definition) is 2. The molecular weight excluding hydrogens is 176 g/mol. The first kappa shape index (κ1) is 9.53. The third-order valence-corrected chi connectivity index (χ3v) is 2.78. The molecule has 2 unspecified atom stereocenters. The van der Waals surface area contributed by atoms with E-state index in [4.69, 9.17) is 4.74 Å². The SMILES string of the molecule is CC(C)c1ccc2c(c1)C(O)C(C)O2. The molecule has 76 valence electrons. The highest BCUT2D eigenvalue weighted by molar-refractivity contribution is 5.43. The van der Waals surface area contributed by atoms with Crippen molar-refractivity contribution in [2.45, 2.75) is 38.9 Å². The molecule has 0 bridgehead atoms. The molecule has 2 atom stereocenters. The molecule has 2 rings (SSSR count). The molecule has 0 amide bonds. The van der Waals surface area contributed by atoms with E-state index >= 15 is 0 Å². The molecule has 14 heavy (non-hydrogen) atoms. The van der Waals surface area contributed by atoms with Gasteiger partial charge < -0.3 is 9.84 Å². The van der Waals surface area contributed by atoms with Crippen molar-refractivity contribution < 1.29 is 9.84 Å². The van der Waals surface area contributed by atoms with Crippen LogP contribution in [0.15, 0.2) is 18.2 Å². The van der Waals surface area contributed by atoms with Gasteiger partial charge in [-0.3, -0.25) is 0 Å². The van der Waals surface area contributed by atoms with E-state index in [1.807, 2.05) is 19.1 Å². The van der Waals surface area contributed by atoms with Crippen LogP contribution in [-0.4, -0.2) is 11.2 Å². The van der Waals surface area contributed by atoms with Gasteiger partial charge in [-0.15, -0.1) is 0 Å². The topological polar surface area (TPSA) is 29.5 Å². The highest BCUT2D eigenvalue weighted by Crippen LogP contribution is 2.37. The molecule has 0 radical (unpaired) electrons. The minimum absolute atomic E-state index is 0.118. The Kier molecular flexibility index (Phi) is 2.23. The Labute approximate surface area is 84.5 Å². The molecule has 0 saturated carbocycles. The fraction of sp³-hybridized carbons (Fsp3) is 0.500. The van der Waals surface area contributed by atoms with Crippen molar-refractivity contribution in [3.63, 3.8) is 0 Å². The lowest BCUT2D eigenvalue weighted by molar-refractivity contribution is 0.0795. The van der Waals surface area contributed by atoms with Crippen LogP contribution in [0, 0.1) is 0 Å². The molecule has 2 heteroatoms. The smallest absolute Gasteiger partial charge is 0.126 e. The summed E-state index contributed by atoms with van der Waals surface area (Å²) in [6.07, 6.45) is -0.587. The molecule has 0 spiro atoms. The number of ether oxygens (including phenoxy) is 1. The molecule has 2 nitrogen and oxygen atoms in total. The van der Waals surface area contributed by atoms with Crippen LogP contribution < -0.4 is 4.74 Å². The van der Waals surface area contributed by atoms with Crippen LogP contribution in [0.2, 0.25) is 0 Å². The van der Waals surface area contributed by atoms with Crippen molar-refractivity contribution in [3.8, 4) is 5.75 Å². The minimum atomic E-state index is -0.469. The lowest BCUT2D eigenvalue weighted by Gasteiger charge is -2.08. The Morgan fingerprint density at radius 1 is 1.36 bits per heavy atom. The van der Waals surface area contributed by atoms with Crippen molar-refractivity contribution in [2.75, 3.05) is 0 Å². The van der Waals surface area contributed by atoms with Gasteiger partial charge in [-0.25, -0.2) is 0 Å². The van der Waals surface area contributed by atoms with Gasteiger partial charge in [-0.05, 0) is 30.5 Å². The van der Waals surface area contributed by atoms with E-state index in [1.54, 1.807) is 0 Å². The van der Waals surface area contributed by atoms with Gasteiger partial charge in [0.25, 0.3) is 0 Å². The first-order valence-electron chi connectivity index (χ1n) is 5.08. The molecule has 1 N–H and O–H groups in total. The number of rotatable bonds is 1. The summed E-state index contributed by atoms with van der Waals surface area (Å²) in [6, 6.07) is 6.07. The molecular formula is C12H16O2. The third-order valence-electron chi connectivity index (χ3n) is 2.78. The van der Waals surface area contributed by atoms with Crippen LogP contribution in [0.4, 0.5) is 0 Å². The maximum atomic E-state index is 9.83. The Morgan fingerprint density at radius 2 is 2.07 bits per heavy atom. The number of fused-ring (bicyclic) bond motifs is 1. The third kappa shape index (κ3) is 1.40. The van der Waals surface area contributed by atoms with Gasteiger partial charge in [-0.1, -0.05) is 19.9 Å². The zero-order valence-corrected chi connectivity index (χ0v) is 8.82. The quantitative estimate of drug-likeness (QED) is 0.741. The fourth-order valence-electron chi connectivity index (χ4n) is 1.78. The summed E-state index contributed by atoms with van der Waals surface area (Å²) in [4.78, 5) is 0. The molecule has 0 aromatic heterocycles. The number of aliphatic hydroxyl groups is 1. The van der Waals surface area contributed by atoms with Crippen molar-refractivity contribution in [1.29, 1.82) is 0 Å². The standard InChI is InChI=1S/C12H16O2/c1-7(2)9-4-5-11-10(6-9)12(13)8(3)14-11/h4-8,12-13H,1-3H3. The minimum Gasteiger partial charge on any atom is -0.487 e. The lowest BCUT2D eigenvalue weighted by Crippen LogP contribution is -2.12. The monoisotopic (exact) mass is 192 g/mol. The molecule has 0 saturated heterocycles. The second-order valence-electron chi connectivity index (χ2n) is 4.22. The van der Waals surface area contributed by atoms with E-state index in [1.165, 1.54) is 5.56 Å². The maximum Gasteiger partial charge on any atom is 0.126 e. The molecule has 1 aliphatic heterocycles. The van der Waals surface area contributed by atoms with E-state index in [2.05, 4.69) is 19.9 Å². The largest absolute Gasteiger partial charge is 0.487 e. The molecule has 1 heterocycles. The van der Waals surface area contributed by atoms with Gasteiger partial charge in [0, 0.05) is 5.56 Å². The highest BCUT2D eigenvalue weighted by atomic mass is 16.5. The summed E-state index contributed by atoms with van der Waals surface area (Å²) in [5, 5.41) is 9.83. The van der Waals surface area contributed by atoms with Crippen LogP contribution in [0.3, 0.4) is 0 Å². The first-order valence-corrected chi connectivity index (χ1v) is 5.08. The molecule has 1 aromatic rings. The van der Waals surface area contributed by atoms with Crippen LogP contribution in [-0.2, 0) is 0 Å². The van der Waals surface area contributed by atoms with E-state index < -0.39 is 6.10 Å². The van der Waals surface area contributed by atoms with Crippen LogP contribution in [0.1, 0.15) is 43.9 Å². The summed E-state index contributed by atoms with van der Waals surface area (Å²) in [7, 11) is 0. The van der Waals surface area contributed by atoms with E-state index in [9.17, 15) is 5.11 Å². The summed E-state index contributed by atoms with van der Waals surface area (Å²) in [5.74, 6) is 1.32. The van der Waals surface area contributed by atoms with Crippen molar-refractivity contribution >= 4 is 0 Å². The van der Waals surface area contributed by atoms with Gasteiger partial charge in [0.2, 0.25) is 0 Å². The predicted octanol–water partition coefficient (Wildman–Crippen LogP) is 2.62. The van der Waals surface area contributed by atoms with Crippen LogP contribution in [0.25, 0.3) is 0 Å². The molecule has 0 aliphatic carbocycles. The normalized spacial score (nSPS) is 24.9. The second-order valence-corrected chi connectivity index (χ2v) is 4.22.